The molecule has 1 unspecified atom stereocenters. The molecule has 4 aliphatic rings. The monoisotopic (exact) mass is 653 g/mol. The summed E-state index contributed by atoms with van der Waals surface area (Å²) in [6, 6.07) is 8.12. The molecule has 0 spiro atoms. The molecule has 0 radical (unpaired) electrons. The number of aliphatic hydroxyl groups excluding tert-OH is 1. The van der Waals surface area contributed by atoms with Crippen molar-refractivity contribution in [2.45, 2.75) is 90.3 Å². The fraction of sp³-hybridized carbons (Fsp3) is 0.571. The van der Waals surface area contributed by atoms with E-state index in [1.165, 1.54) is 6.08 Å². The Balaban J connectivity index is 1.55. The number of aliphatic hydroxyl groups is 2. The average molecular weight is 654 g/mol. The lowest BCUT2D eigenvalue weighted by molar-refractivity contribution is -0.304. The Kier molecular flexibility index (Phi) is 9.02. The number of rotatable bonds is 7. The van der Waals surface area contributed by atoms with Crippen LogP contribution in [0.2, 0.25) is 0 Å². The summed E-state index contributed by atoms with van der Waals surface area (Å²) < 4.78 is 22.2. The van der Waals surface area contributed by atoms with Crippen LogP contribution in [0.4, 0.5) is 0 Å². The largest absolute Gasteiger partial charge is 0.467 e. The molecule has 10 atom stereocenters. The van der Waals surface area contributed by atoms with Gasteiger partial charge in [-0.2, -0.15) is 0 Å². The van der Waals surface area contributed by atoms with Crippen molar-refractivity contribution in [1.82, 2.24) is 0 Å². The summed E-state index contributed by atoms with van der Waals surface area (Å²) in [5.74, 6) is -7.04. The van der Waals surface area contributed by atoms with Gasteiger partial charge in [0, 0.05) is 30.3 Å². The highest BCUT2D eigenvalue weighted by Crippen LogP contribution is 2.69. The van der Waals surface area contributed by atoms with Crippen molar-refractivity contribution in [3.05, 3.63) is 58.9 Å². The van der Waals surface area contributed by atoms with Gasteiger partial charge in [0.2, 0.25) is 6.10 Å². The molecule has 2 saturated carbocycles. The molecule has 0 aromatic heterocycles. The van der Waals surface area contributed by atoms with E-state index in [0.717, 1.165) is 12.7 Å². The fourth-order valence-electron chi connectivity index (χ4n) is 9.16. The Hall–Kier alpha value is -3.87. The second-order valence-electron chi connectivity index (χ2n) is 14.1. The summed E-state index contributed by atoms with van der Waals surface area (Å²) in [6.45, 7) is 8.50. The third kappa shape index (κ3) is 5.59. The van der Waals surface area contributed by atoms with Crippen LogP contribution < -0.4 is 5.73 Å². The number of allylic oxidation sites excluding steroid dienone is 3. The Morgan fingerprint density at radius 3 is 2.40 bits per heavy atom. The van der Waals surface area contributed by atoms with Crippen LogP contribution in [0.3, 0.4) is 0 Å². The van der Waals surface area contributed by atoms with Gasteiger partial charge in [0.15, 0.2) is 17.1 Å². The van der Waals surface area contributed by atoms with Crippen molar-refractivity contribution in [3.8, 4) is 0 Å². The first-order valence-electron chi connectivity index (χ1n) is 15.8. The zero-order valence-electron chi connectivity index (χ0n) is 27.5. The van der Waals surface area contributed by atoms with Gasteiger partial charge in [-0.15, -0.1) is 0 Å². The maximum atomic E-state index is 13.8. The van der Waals surface area contributed by atoms with Crippen LogP contribution in [-0.2, 0) is 49.3 Å². The molecule has 12 heteroatoms. The highest BCUT2D eigenvalue weighted by Gasteiger charge is 2.77. The molecular weight excluding hydrogens is 610 g/mol. The van der Waals surface area contributed by atoms with Gasteiger partial charge in [0.25, 0.3) is 0 Å². The smallest absolute Gasteiger partial charge is 0.348 e. The van der Waals surface area contributed by atoms with Crippen molar-refractivity contribution in [3.63, 3.8) is 0 Å². The number of Topliss-reactive ketones (excluding diaryl/α,β-unsaturated/α-hetero) is 1. The summed E-state index contributed by atoms with van der Waals surface area (Å²) >= 11 is 0. The summed E-state index contributed by atoms with van der Waals surface area (Å²) in [4.78, 5) is 66.6. The molecule has 3 fully saturated rings. The van der Waals surface area contributed by atoms with E-state index in [2.05, 4.69) is 0 Å². The van der Waals surface area contributed by atoms with E-state index >= 15 is 0 Å². The number of nitrogens with two attached hydrogens (primary N) is 1. The van der Waals surface area contributed by atoms with Gasteiger partial charge >= 0.3 is 23.9 Å². The van der Waals surface area contributed by atoms with E-state index in [1.54, 1.807) is 27.7 Å². The minimum Gasteiger partial charge on any atom is -0.467 e. The Bertz CT molecular complexity index is 1550. The number of hydrogen-bond donors (Lipinski definition) is 3. The number of carbonyl (C=O) groups excluding carboxylic acids is 5. The lowest BCUT2D eigenvalue weighted by Crippen LogP contribution is -2.77. The van der Waals surface area contributed by atoms with Gasteiger partial charge in [0.05, 0.1) is 19.1 Å². The Morgan fingerprint density at radius 1 is 1.13 bits per heavy atom. The van der Waals surface area contributed by atoms with Crippen molar-refractivity contribution < 1.29 is 53.1 Å². The average Bonchev–Trinajstić information content (AvgIpc) is 2.98. The first-order chi connectivity index (χ1) is 22.0. The third-order valence-corrected chi connectivity index (χ3v) is 10.9. The Morgan fingerprint density at radius 2 is 1.79 bits per heavy atom. The second kappa shape index (κ2) is 12.3. The minimum atomic E-state index is -2.44. The number of esters is 4. The van der Waals surface area contributed by atoms with Gasteiger partial charge in [-0.05, 0) is 56.1 Å². The van der Waals surface area contributed by atoms with Gasteiger partial charge in [-0.25, -0.2) is 19.2 Å². The molecule has 1 aromatic carbocycles. The van der Waals surface area contributed by atoms with Gasteiger partial charge in [0.1, 0.15) is 12.1 Å². The number of fused-ring (bicyclic) bond motifs is 2. The van der Waals surface area contributed by atoms with E-state index in [4.69, 9.17) is 24.7 Å². The number of hydrogen-bond acceptors (Lipinski definition) is 12. The molecule has 1 aliphatic heterocycles. The number of methoxy groups -OCH3 is 1. The van der Waals surface area contributed by atoms with Crippen LogP contribution in [0.15, 0.2) is 53.3 Å². The lowest BCUT2D eigenvalue weighted by Gasteiger charge is -2.69. The van der Waals surface area contributed by atoms with E-state index in [0.29, 0.717) is 11.1 Å². The molecule has 1 aromatic rings. The molecule has 4 N–H and O–H groups in total. The molecule has 254 valence electrons. The highest BCUT2D eigenvalue weighted by molar-refractivity contribution is 5.98. The van der Waals surface area contributed by atoms with Gasteiger partial charge < -0.3 is 34.9 Å². The minimum absolute atomic E-state index is 0.112. The molecule has 0 amide bonds. The first kappa shape index (κ1) is 34.5. The number of carbonyl (C=O) groups is 5. The maximum Gasteiger partial charge on any atom is 0.348 e. The molecule has 1 saturated heterocycles. The number of ether oxygens (including phenoxy) is 4. The van der Waals surface area contributed by atoms with Gasteiger partial charge in [-0.1, -0.05) is 49.8 Å². The molecule has 0 bridgehead atoms. The number of benzene rings is 1. The molecule has 5 rings (SSSR count). The maximum absolute atomic E-state index is 13.8. The van der Waals surface area contributed by atoms with Crippen LogP contribution in [0.25, 0.3) is 0 Å². The van der Waals surface area contributed by atoms with E-state index in [1.807, 2.05) is 37.3 Å². The van der Waals surface area contributed by atoms with Crippen molar-refractivity contribution >= 4 is 29.7 Å². The molecule has 1 heterocycles. The van der Waals surface area contributed by atoms with Crippen LogP contribution in [-0.4, -0.2) is 76.9 Å². The Labute approximate surface area is 273 Å². The summed E-state index contributed by atoms with van der Waals surface area (Å²) in [5, 5.41) is 23.8. The quantitative estimate of drug-likeness (QED) is 0.221. The second-order valence-corrected chi connectivity index (χ2v) is 14.1. The lowest BCUT2D eigenvalue weighted by atomic mass is 9.38. The van der Waals surface area contributed by atoms with Gasteiger partial charge in [-0.3, -0.25) is 4.79 Å². The van der Waals surface area contributed by atoms with E-state index in [9.17, 15) is 34.2 Å². The van der Waals surface area contributed by atoms with Crippen LogP contribution in [0.5, 0.6) is 0 Å². The fourth-order valence-corrected chi connectivity index (χ4v) is 9.16. The van der Waals surface area contributed by atoms with Crippen LogP contribution in [0.1, 0.15) is 59.4 Å². The van der Waals surface area contributed by atoms with E-state index in [-0.39, 0.29) is 25.0 Å². The molecule has 12 nitrogen and oxygen atoms in total. The van der Waals surface area contributed by atoms with Crippen molar-refractivity contribution in [2.24, 2.45) is 34.3 Å². The predicted molar refractivity (Wildman–Crippen MR) is 165 cm³/mol. The zero-order valence-corrected chi connectivity index (χ0v) is 27.5. The predicted octanol–water partition coefficient (Wildman–Crippen LogP) is 2.08. The normalized spacial score (nSPS) is 36.6. The van der Waals surface area contributed by atoms with Crippen LogP contribution in [0, 0.1) is 28.6 Å². The highest BCUT2D eigenvalue weighted by atomic mass is 16.6. The molecule has 47 heavy (non-hydrogen) atoms. The summed E-state index contributed by atoms with van der Waals surface area (Å²) in [7, 11) is 1.07. The summed E-state index contributed by atoms with van der Waals surface area (Å²) in [5.41, 5.74) is 3.20. The zero-order chi connectivity index (χ0) is 34.6. The van der Waals surface area contributed by atoms with Crippen LogP contribution >= 0.6 is 0 Å². The van der Waals surface area contributed by atoms with Crippen molar-refractivity contribution in [1.29, 1.82) is 0 Å². The molecular formula is C35H43NO11. The molecule has 3 aliphatic carbocycles. The third-order valence-electron chi connectivity index (χ3n) is 10.9. The topological polar surface area (TPSA) is 189 Å². The van der Waals surface area contributed by atoms with Crippen molar-refractivity contribution in [2.75, 3.05) is 7.11 Å². The first-order valence-corrected chi connectivity index (χ1v) is 15.8. The van der Waals surface area contributed by atoms with E-state index < -0.39 is 94.6 Å². The standard InChI is InChI=1S/C35H43NO11/c1-17(2)12-25(39)46-27-29-34(5)24(45-31(27)41)14-20-18(3)26(47-30(40)21(36)13-19-10-8-7-9-11-19)22(37)15-33(20,4)28(34)23(38)16-35(29,43)32(42)44-6/h7-12,20-21,23-24,27-29,38,43H,13-16,36H2,1-6H3/t20-,21-,23-,24+,27+,28?,29+,33-,34+,35+/m0/s1. The summed E-state index contributed by atoms with van der Waals surface area (Å²) in [6.07, 6.45) is -3.28. The number of ketones is 1. The SMILES string of the molecule is COC(=O)[C@@]1(O)C[C@H](O)C2[C@]3(C)[C@H]1[C@@H](OC(=O)C=C(C)C)C(=O)O[C@@H]3C[C@H]1C(C)=C(OC(=O)[C@@H](N)Cc3ccccc3)C(=O)C[C@]21C.